The van der Waals surface area contributed by atoms with E-state index in [1.165, 1.54) is 4.90 Å². The number of anilines is 1. The number of amides is 1. The van der Waals surface area contributed by atoms with Crippen molar-refractivity contribution >= 4 is 27.7 Å². The molecule has 2 fully saturated rings. The fourth-order valence-electron chi connectivity index (χ4n) is 3.78. The molecule has 0 bridgehead atoms. The Morgan fingerprint density at radius 3 is 2.31 bits per heavy atom. The molecule has 1 aromatic rings. The predicted octanol–water partition coefficient (Wildman–Crippen LogP) is 0.332. The molecule has 0 aliphatic carbocycles. The van der Waals surface area contributed by atoms with E-state index in [2.05, 4.69) is 4.90 Å². The van der Waals surface area contributed by atoms with Gasteiger partial charge >= 0.3 is 0 Å². The van der Waals surface area contributed by atoms with E-state index in [4.69, 9.17) is 0 Å². The van der Waals surface area contributed by atoms with Crippen LogP contribution in [-0.4, -0.2) is 74.4 Å². The number of piperidine rings is 1. The zero-order valence-corrected chi connectivity index (χ0v) is 15.6. The number of aliphatic hydroxyl groups is 1. The number of rotatable bonds is 4. The standard InChI is InChI=1S/C18H24N2O5S/c1-19(16-11-26(24,25)12-17(16)22)18(23)14-6-8-20(9-7-14)15-4-2-13(10-21)3-5-15/h2-5,10,14,16-17,22H,6-9,11-12H2,1H3/t16-,17-/m0/s1. The minimum atomic E-state index is -3.28. The number of aldehydes is 1. The van der Waals surface area contributed by atoms with Crippen LogP contribution in [0.1, 0.15) is 23.2 Å². The van der Waals surface area contributed by atoms with Gasteiger partial charge in [-0.25, -0.2) is 8.42 Å². The molecule has 0 spiro atoms. The summed E-state index contributed by atoms with van der Waals surface area (Å²) in [6, 6.07) is 6.70. The molecule has 2 saturated heterocycles. The van der Waals surface area contributed by atoms with Crippen molar-refractivity contribution in [3.63, 3.8) is 0 Å². The van der Waals surface area contributed by atoms with Crippen molar-refractivity contribution in [2.75, 3.05) is 36.5 Å². The van der Waals surface area contributed by atoms with Crippen LogP contribution in [0.3, 0.4) is 0 Å². The third kappa shape index (κ3) is 3.91. The number of likely N-dealkylation sites (N-methyl/N-ethyl adjacent to an activating group) is 1. The first kappa shape index (κ1) is 18.8. The maximum Gasteiger partial charge on any atom is 0.225 e. The van der Waals surface area contributed by atoms with Gasteiger partial charge in [-0.3, -0.25) is 9.59 Å². The Balaban J connectivity index is 1.58. The van der Waals surface area contributed by atoms with Crippen LogP contribution in [0.15, 0.2) is 24.3 Å². The molecule has 2 aliphatic heterocycles. The number of sulfone groups is 1. The molecule has 1 amide bonds. The van der Waals surface area contributed by atoms with Gasteiger partial charge in [-0.15, -0.1) is 0 Å². The Morgan fingerprint density at radius 2 is 1.81 bits per heavy atom. The summed E-state index contributed by atoms with van der Waals surface area (Å²) in [5.74, 6) is -0.703. The second-order valence-corrected chi connectivity index (χ2v) is 9.29. The van der Waals surface area contributed by atoms with Crippen molar-refractivity contribution in [2.24, 2.45) is 5.92 Å². The maximum atomic E-state index is 12.7. The quantitative estimate of drug-likeness (QED) is 0.757. The Morgan fingerprint density at radius 1 is 1.19 bits per heavy atom. The van der Waals surface area contributed by atoms with Crippen molar-refractivity contribution in [3.05, 3.63) is 29.8 Å². The Kier molecular flexibility index (Phi) is 5.34. The van der Waals surface area contributed by atoms with Crippen LogP contribution in [0.25, 0.3) is 0 Å². The summed E-state index contributed by atoms with van der Waals surface area (Å²) in [5.41, 5.74) is 1.65. The zero-order chi connectivity index (χ0) is 18.9. The van der Waals surface area contributed by atoms with Crippen LogP contribution < -0.4 is 4.90 Å². The molecule has 0 radical (unpaired) electrons. The van der Waals surface area contributed by atoms with Crippen LogP contribution in [-0.2, 0) is 14.6 Å². The lowest BCUT2D eigenvalue weighted by Crippen LogP contribution is -2.48. The molecule has 2 heterocycles. The fourth-order valence-corrected chi connectivity index (χ4v) is 5.62. The lowest BCUT2D eigenvalue weighted by atomic mass is 9.94. The number of nitrogens with zero attached hydrogens (tertiary/aromatic N) is 2. The number of carbonyl (C=O) groups excluding carboxylic acids is 2. The minimum absolute atomic E-state index is 0.0953. The first-order valence-electron chi connectivity index (χ1n) is 8.76. The number of benzene rings is 1. The summed E-state index contributed by atoms with van der Waals surface area (Å²) in [5, 5.41) is 9.97. The summed E-state index contributed by atoms with van der Waals surface area (Å²) in [7, 11) is -1.70. The molecule has 0 saturated carbocycles. The SMILES string of the molecule is CN(C(=O)C1CCN(c2ccc(C=O)cc2)CC1)[C@H]1CS(=O)(=O)C[C@@H]1O. The second kappa shape index (κ2) is 7.36. The van der Waals surface area contributed by atoms with E-state index in [-0.39, 0.29) is 23.3 Å². The highest BCUT2D eigenvalue weighted by Gasteiger charge is 2.41. The molecule has 1 N–H and O–H groups in total. The molecule has 2 aliphatic rings. The van der Waals surface area contributed by atoms with E-state index >= 15 is 0 Å². The highest BCUT2D eigenvalue weighted by Crippen LogP contribution is 2.26. The molecular weight excluding hydrogens is 356 g/mol. The van der Waals surface area contributed by atoms with Crippen LogP contribution in [0.2, 0.25) is 0 Å². The average molecular weight is 380 g/mol. The number of hydrogen-bond acceptors (Lipinski definition) is 6. The first-order chi connectivity index (χ1) is 12.3. The smallest absolute Gasteiger partial charge is 0.225 e. The van der Waals surface area contributed by atoms with Crippen LogP contribution in [0.4, 0.5) is 5.69 Å². The van der Waals surface area contributed by atoms with Crippen LogP contribution in [0, 0.1) is 5.92 Å². The first-order valence-corrected chi connectivity index (χ1v) is 10.6. The second-order valence-electron chi connectivity index (χ2n) is 7.13. The van der Waals surface area contributed by atoms with E-state index in [1.54, 1.807) is 19.2 Å². The number of hydrogen-bond donors (Lipinski definition) is 1. The highest BCUT2D eigenvalue weighted by atomic mass is 32.2. The molecular formula is C18H24N2O5S. The lowest BCUT2D eigenvalue weighted by Gasteiger charge is -2.36. The van der Waals surface area contributed by atoms with Gasteiger partial charge in [0, 0.05) is 37.3 Å². The summed E-state index contributed by atoms with van der Waals surface area (Å²) in [6.45, 7) is 1.44. The van der Waals surface area contributed by atoms with Crippen LogP contribution >= 0.6 is 0 Å². The lowest BCUT2D eigenvalue weighted by molar-refractivity contribution is -0.138. The van der Waals surface area contributed by atoms with Gasteiger partial charge in [0.2, 0.25) is 5.91 Å². The van der Waals surface area contributed by atoms with Crippen molar-refractivity contribution in [1.29, 1.82) is 0 Å². The monoisotopic (exact) mass is 380 g/mol. The fraction of sp³-hybridized carbons (Fsp3) is 0.556. The molecule has 8 heteroatoms. The summed E-state index contributed by atoms with van der Waals surface area (Å²) < 4.78 is 23.3. The van der Waals surface area contributed by atoms with Gasteiger partial charge < -0.3 is 14.9 Å². The molecule has 26 heavy (non-hydrogen) atoms. The predicted molar refractivity (Wildman–Crippen MR) is 98.0 cm³/mol. The molecule has 0 aromatic heterocycles. The highest BCUT2D eigenvalue weighted by molar-refractivity contribution is 7.91. The number of aliphatic hydroxyl groups excluding tert-OH is 1. The van der Waals surface area contributed by atoms with E-state index in [0.717, 1.165) is 25.1 Å². The maximum absolute atomic E-state index is 12.7. The summed E-state index contributed by atoms with van der Waals surface area (Å²) in [6.07, 6.45) is 1.15. The Hall–Kier alpha value is -1.93. The van der Waals surface area contributed by atoms with E-state index in [0.29, 0.717) is 18.4 Å². The van der Waals surface area contributed by atoms with Crippen molar-refractivity contribution in [2.45, 2.75) is 25.0 Å². The number of carbonyl (C=O) groups is 2. The van der Waals surface area contributed by atoms with Crippen molar-refractivity contribution in [3.8, 4) is 0 Å². The van der Waals surface area contributed by atoms with Gasteiger partial charge in [-0.1, -0.05) is 0 Å². The molecule has 7 nitrogen and oxygen atoms in total. The van der Waals surface area contributed by atoms with Gasteiger partial charge in [0.15, 0.2) is 9.84 Å². The van der Waals surface area contributed by atoms with Gasteiger partial charge in [-0.05, 0) is 37.1 Å². The normalized spacial score (nSPS) is 25.8. The van der Waals surface area contributed by atoms with E-state index < -0.39 is 22.0 Å². The average Bonchev–Trinajstić information content (AvgIpc) is 2.93. The van der Waals surface area contributed by atoms with E-state index in [1.807, 2.05) is 12.1 Å². The van der Waals surface area contributed by atoms with Gasteiger partial charge in [0.1, 0.15) is 6.29 Å². The summed E-state index contributed by atoms with van der Waals surface area (Å²) >= 11 is 0. The molecule has 0 unspecified atom stereocenters. The third-order valence-electron chi connectivity index (χ3n) is 5.38. The summed E-state index contributed by atoms with van der Waals surface area (Å²) in [4.78, 5) is 27.1. The van der Waals surface area contributed by atoms with Gasteiger partial charge in [-0.2, -0.15) is 0 Å². The zero-order valence-electron chi connectivity index (χ0n) is 14.7. The Labute approximate surface area is 153 Å². The Bertz CT molecular complexity index is 769. The van der Waals surface area contributed by atoms with Crippen molar-refractivity contribution < 1.29 is 23.1 Å². The topological polar surface area (TPSA) is 95.0 Å². The van der Waals surface area contributed by atoms with Crippen LogP contribution in [0.5, 0.6) is 0 Å². The third-order valence-corrected chi connectivity index (χ3v) is 7.08. The molecule has 142 valence electrons. The van der Waals surface area contributed by atoms with Gasteiger partial charge in [0.05, 0.1) is 23.7 Å². The van der Waals surface area contributed by atoms with Crippen molar-refractivity contribution in [1.82, 2.24) is 4.90 Å². The molecule has 3 rings (SSSR count). The van der Waals surface area contributed by atoms with E-state index in [9.17, 15) is 23.1 Å². The molecule has 2 atom stereocenters. The minimum Gasteiger partial charge on any atom is -0.390 e. The van der Waals surface area contributed by atoms with Gasteiger partial charge in [0.25, 0.3) is 0 Å². The molecule has 1 aromatic carbocycles. The largest absolute Gasteiger partial charge is 0.390 e.